The van der Waals surface area contributed by atoms with Crippen molar-refractivity contribution in [1.29, 1.82) is 0 Å². The van der Waals surface area contributed by atoms with Gasteiger partial charge in [-0.2, -0.15) is 0 Å². The molecule has 0 bridgehead atoms. The van der Waals surface area contributed by atoms with Crippen LogP contribution in [0.25, 0.3) is 11.0 Å². The van der Waals surface area contributed by atoms with Gasteiger partial charge in [0.05, 0.1) is 10.7 Å². The van der Waals surface area contributed by atoms with Gasteiger partial charge >= 0.3 is 0 Å². The fourth-order valence-electron chi connectivity index (χ4n) is 1.61. The molecule has 1 heterocycles. The van der Waals surface area contributed by atoms with Crippen LogP contribution in [0, 0.1) is 0 Å². The molecule has 0 atom stereocenters. The van der Waals surface area contributed by atoms with Crippen LogP contribution in [0.5, 0.6) is 0 Å². The van der Waals surface area contributed by atoms with Gasteiger partial charge in [0.1, 0.15) is 5.58 Å². The average molecular weight is 361 g/mol. The smallest absolute Gasteiger partial charge is 0.148 e. The predicted octanol–water partition coefficient (Wildman–Crippen LogP) is 4.85. The Morgan fingerprint density at radius 3 is 2.59 bits per heavy atom. The van der Waals surface area contributed by atoms with Gasteiger partial charge in [0.15, 0.2) is 0 Å². The van der Waals surface area contributed by atoms with Crippen molar-refractivity contribution >= 4 is 42.8 Å². The van der Waals surface area contributed by atoms with Gasteiger partial charge in [-0.15, -0.1) is 0 Å². The summed E-state index contributed by atoms with van der Waals surface area (Å²) < 4.78 is 7.62. The number of rotatable bonds is 2. The first-order valence-electron chi connectivity index (χ1n) is 5.47. The summed E-state index contributed by atoms with van der Waals surface area (Å²) >= 11 is 7.01. The molecular formula is C13H15Br2NO. The van der Waals surface area contributed by atoms with E-state index in [4.69, 9.17) is 4.42 Å². The van der Waals surface area contributed by atoms with Crippen LogP contribution in [0.4, 0.5) is 0 Å². The van der Waals surface area contributed by atoms with Crippen molar-refractivity contribution < 1.29 is 4.42 Å². The molecule has 0 saturated heterocycles. The third-order valence-corrected chi connectivity index (χ3v) is 3.53. The molecule has 0 spiro atoms. The van der Waals surface area contributed by atoms with Gasteiger partial charge in [0, 0.05) is 27.5 Å². The van der Waals surface area contributed by atoms with Crippen LogP contribution in [0.2, 0.25) is 0 Å². The molecule has 0 unspecified atom stereocenters. The molecule has 1 N–H and O–H groups in total. The fraction of sp³-hybridized carbons (Fsp3) is 0.385. The summed E-state index contributed by atoms with van der Waals surface area (Å²) in [6, 6.07) is 4.08. The Bertz CT molecular complexity index is 540. The van der Waals surface area contributed by atoms with E-state index in [0.29, 0.717) is 0 Å². The maximum Gasteiger partial charge on any atom is 0.148 e. The van der Waals surface area contributed by atoms with Crippen LogP contribution < -0.4 is 5.32 Å². The lowest BCUT2D eigenvalue weighted by molar-refractivity contribution is 0.423. The number of hydrogen-bond acceptors (Lipinski definition) is 2. The van der Waals surface area contributed by atoms with Gasteiger partial charge in [-0.3, -0.25) is 0 Å². The molecule has 92 valence electrons. The molecule has 17 heavy (non-hydrogen) atoms. The summed E-state index contributed by atoms with van der Waals surface area (Å²) in [7, 11) is 0. The average Bonchev–Trinajstić information content (AvgIpc) is 2.57. The van der Waals surface area contributed by atoms with Crippen molar-refractivity contribution in [2.24, 2.45) is 0 Å². The molecule has 2 aromatic rings. The van der Waals surface area contributed by atoms with Gasteiger partial charge in [0.2, 0.25) is 0 Å². The second kappa shape index (κ2) is 4.75. The first-order chi connectivity index (χ1) is 7.87. The number of furan rings is 1. The molecule has 1 aromatic heterocycles. The van der Waals surface area contributed by atoms with E-state index in [2.05, 4.69) is 64.0 Å². The fourth-order valence-corrected chi connectivity index (χ4v) is 2.93. The normalized spacial score (nSPS) is 12.3. The Hall–Kier alpha value is -0.320. The van der Waals surface area contributed by atoms with Crippen molar-refractivity contribution in [1.82, 2.24) is 5.32 Å². The predicted molar refractivity (Wildman–Crippen MR) is 78.2 cm³/mol. The van der Waals surface area contributed by atoms with Gasteiger partial charge < -0.3 is 9.73 Å². The molecule has 0 radical (unpaired) electrons. The van der Waals surface area contributed by atoms with E-state index in [1.165, 1.54) is 5.56 Å². The maximum atomic E-state index is 5.59. The summed E-state index contributed by atoms with van der Waals surface area (Å²) in [5.74, 6) is 0. The largest absolute Gasteiger partial charge is 0.463 e. The Kier molecular flexibility index (Phi) is 3.66. The topological polar surface area (TPSA) is 25.2 Å². The maximum absolute atomic E-state index is 5.59. The minimum absolute atomic E-state index is 0.104. The molecule has 2 rings (SSSR count). The summed E-state index contributed by atoms with van der Waals surface area (Å²) in [6.45, 7) is 7.27. The van der Waals surface area contributed by atoms with E-state index in [-0.39, 0.29) is 5.54 Å². The highest BCUT2D eigenvalue weighted by molar-refractivity contribution is 9.11. The van der Waals surface area contributed by atoms with Crippen molar-refractivity contribution in [3.05, 3.63) is 32.9 Å². The zero-order valence-corrected chi connectivity index (χ0v) is 13.3. The lowest BCUT2D eigenvalue weighted by Crippen LogP contribution is -2.34. The van der Waals surface area contributed by atoms with E-state index in [9.17, 15) is 0 Å². The van der Waals surface area contributed by atoms with E-state index < -0.39 is 0 Å². The number of hydrogen-bond donors (Lipinski definition) is 1. The molecule has 0 fully saturated rings. The van der Waals surface area contributed by atoms with E-state index in [0.717, 1.165) is 26.5 Å². The molecule has 0 saturated carbocycles. The van der Waals surface area contributed by atoms with Crippen LogP contribution in [0.3, 0.4) is 0 Å². The summed E-state index contributed by atoms with van der Waals surface area (Å²) in [5, 5.41) is 4.61. The van der Waals surface area contributed by atoms with Crippen LogP contribution in [0.15, 0.2) is 31.8 Å². The number of halogens is 2. The van der Waals surface area contributed by atoms with E-state index >= 15 is 0 Å². The summed E-state index contributed by atoms with van der Waals surface area (Å²) in [6.07, 6.45) is 1.82. The molecule has 4 heteroatoms. The molecular weight excluding hydrogens is 346 g/mol. The Morgan fingerprint density at radius 2 is 1.94 bits per heavy atom. The second-order valence-electron chi connectivity index (χ2n) is 5.13. The number of benzene rings is 1. The second-order valence-corrected chi connectivity index (χ2v) is 6.90. The standard InChI is InChI=1S/C13H15Br2NO/c1-13(2,3)16-6-8-7-17-12-10(8)4-9(14)5-11(12)15/h4-5,7,16H,6H2,1-3H3. The van der Waals surface area contributed by atoms with Gasteiger partial charge in [-0.1, -0.05) is 15.9 Å². The van der Waals surface area contributed by atoms with Crippen LogP contribution >= 0.6 is 31.9 Å². The molecule has 0 amide bonds. The van der Waals surface area contributed by atoms with Crippen LogP contribution in [-0.2, 0) is 6.54 Å². The highest BCUT2D eigenvalue weighted by Crippen LogP contribution is 2.32. The quantitative estimate of drug-likeness (QED) is 0.828. The van der Waals surface area contributed by atoms with Gasteiger partial charge in [-0.25, -0.2) is 0 Å². The van der Waals surface area contributed by atoms with E-state index in [1.54, 1.807) is 0 Å². The van der Waals surface area contributed by atoms with E-state index in [1.807, 2.05) is 12.3 Å². The first kappa shape index (κ1) is 13.1. The van der Waals surface area contributed by atoms with Gasteiger partial charge in [0.25, 0.3) is 0 Å². The third-order valence-electron chi connectivity index (χ3n) is 2.48. The van der Waals surface area contributed by atoms with Crippen molar-refractivity contribution in [2.45, 2.75) is 32.9 Å². The molecule has 1 aromatic carbocycles. The summed E-state index contributed by atoms with van der Waals surface area (Å²) in [5.41, 5.74) is 2.18. The SMILES string of the molecule is CC(C)(C)NCc1coc2c(Br)cc(Br)cc12. The van der Waals surface area contributed by atoms with Gasteiger partial charge in [-0.05, 0) is 48.8 Å². The highest BCUT2D eigenvalue weighted by atomic mass is 79.9. The Labute approximate surface area is 118 Å². The number of fused-ring (bicyclic) bond motifs is 1. The zero-order valence-electron chi connectivity index (χ0n) is 10.1. The summed E-state index contributed by atoms with van der Waals surface area (Å²) in [4.78, 5) is 0. The third kappa shape index (κ3) is 3.12. The monoisotopic (exact) mass is 359 g/mol. The lowest BCUT2D eigenvalue weighted by Gasteiger charge is -2.19. The van der Waals surface area contributed by atoms with Crippen LogP contribution in [-0.4, -0.2) is 5.54 Å². The lowest BCUT2D eigenvalue weighted by atomic mass is 10.1. The number of nitrogens with one attached hydrogen (secondary N) is 1. The highest BCUT2D eigenvalue weighted by Gasteiger charge is 2.13. The Balaban J connectivity index is 2.36. The zero-order chi connectivity index (χ0) is 12.6. The molecule has 0 aliphatic carbocycles. The molecule has 2 nitrogen and oxygen atoms in total. The van der Waals surface area contributed by atoms with Crippen molar-refractivity contribution in [2.75, 3.05) is 0 Å². The first-order valence-corrected chi connectivity index (χ1v) is 7.05. The molecule has 0 aliphatic rings. The minimum atomic E-state index is 0.104. The van der Waals surface area contributed by atoms with Crippen molar-refractivity contribution in [3.8, 4) is 0 Å². The molecule has 0 aliphatic heterocycles. The minimum Gasteiger partial charge on any atom is -0.463 e. The Morgan fingerprint density at radius 1 is 1.24 bits per heavy atom. The van der Waals surface area contributed by atoms with Crippen LogP contribution in [0.1, 0.15) is 26.3 Å². The van der Waals surface area contributed by atoms with Crippen molar-refractivity contribution in [3.63, 3.8) is 0 Å².